The molecule has 19 heavy (non-hydrogen) atoms. The van der Waals surface area contributed by atoms with Crippen LogP contribution < -0.4 is 14.2 Å². The van der Waals surface area contributed by atoms with Gasteiger partial charge in [-0.2, -0.15) is 18.4 Å². The van der Waals surface area contributed by atoms with Gasteiger partial charge in [0.05, 0.1) is 32.8 Å². The number of rotatable bonds is 5. The fourth-order valence-electron chi connectivity index (χ4n) is 1.22. The SMILES string of the molecule is COc1cc(OC)nc(NS(=O)(=O)c2cnc[nH]2)n1. The number of anilines is 1. The molecule has 0 atom stereocenters. The number of sulfonamides is 1. The molecule has 0 spiro atoms. The van der Waals surface area contributed by atoms with E-state index in [9.17, 15) is 8.42 Å². The number of methoxy groups -OCH3 is 2. The molecule has 0 amide bonds. The van der Waals surface area contributed by atoms with Gasteiger partial charge in [-0.1, -0.05) is 0 Å². The van der Waals surface area contributed by atoms with Crippen molar-refractivity contribution in [1.29, 1.82) is 0 Å². The van der Waals surface area contributed by atoms with Crippen LogP contribution in [-0.2, 0) is 10.0 Å². The van der Waals surface area contributed by atoms with E-state index in [0.29, 0.717) is 0 Å². The molecule has 2 rings (SSSR count). The molecule has 2 aromatic rings. The van der Waals surface area contributed by atoms with Crippen LogP contribution in [0.25, 0.3) is 0 Å². The molecule has 10 heteroatoms. The van der Waals surface area contributed by atoms with Gasteiger partial charge in [0.25, 0.3) is 10.0 Å². The van der Waals surface area contributed by atoms with E-state index in [2.05, 4.69) is 24.7 Å². The second kappa shape index (κ2) is 5.10. The van der Waals surface area contributed by atoms with Crippen LogP contribution in [0.3, 0.4) is 0 Å². The highest BCUT2D eigenvalue weighted by atomic mass is 32.2. The number of hydrogen-bond acceptors (Lipinski definition) is 7. The number of nitrogens with zero attached hydrogens (tertiary/aromatic N) is 3. The highest BCUT2D eigenvalue weighted by molar-refractivity contribution is 7.92. The second-order valence-corrected chi connectivity index (χ2v) is 4.95. The Kier molecular flexibility index (Phi) is 3.51. The van der Waals surface area contributed by atoms with Gasteiger partial charge < -0.3 is 14.5 Å². The largest absolute Gasteiger partial charge is 0.481 e. The van der Waals surface area contributed by atoms with Gasteiger partial charge in [0, 0.05) is 0 Å². The predicted octanol–water partition coefficient (Wildman–Crippen LogP) is 0.0177. The zero-order valence-electron chi connectivity index (χ0n) is 10.1. The maximum atomic E-state index is 11.9. The van der Waals surface area contributed by atoms with Crippen molar-refractivity contribution in [2.45, 2.75) is 5.03 Å². The van der Waals surface area contributed by atoms with Crippen LogP contribution in [-0.4, -0.2) is 42.6 Å². The van der Waals surface area contributed by atoms with Crippen molar-refractivity contribution < 1.29 is 17.9 Å². The Hall–Kier alpha value is -2.36. The molecular weight excluding hydrogens is 274 g/mol. The maximum Gasteiger partial charge on any atom is 0.281 e. The average Bonchev–Trinajstić information content (AvgIpc) is 2.92. The van der Waals surface area contributed by atoms with E-state index >= 15 is 0 Å². The minimum Gasteiger partial charge on any atom is -0.481 e. The number of aromatic amines is 1. The van der Waals surface area contributed by atoms with Gasteiger partial charge in [-0.15, -0.1) is 0 Å². The molecule has 102 valence electrons. The van der Waals surface area contributed by atoms with E-state index in [0.717, 1.165) is 0 Å². The fourth-order valence-corrected chi connectivity index (χ4v) is 2.07. The summed E-state index contributed by atoms with van der Waals surface area (Å²) in [6, 6.07) is 1.42. The first-order valence-corrected chi connectivity index (χ1v) is 6.52. The quantitative estimate of drug-likeness (QED) is 0.794. The zero-order valence-corrected chi connectivity index (χ0v) is 10.9. The van der Waals surface area contributed by atoms with Crippen molar-refractivity contribution in [2.75, 3.05) is 18.9 Å². The summed E-state index contributed by atoms with van der Waals surface area (Å²) >= 11 is 0. The summed E-state index contributed by atoms with van der Waals surface area (Å²) in [6.45, 7) is 0. The van der Waals surface area contributed by atoms with Gasteiger partial charge in [-0.05, 0) is 0 Å². The Morgan fingerprint density at radius 3 is 2.32 bits per heavy atom. The Morgan fingerprint density at radius 1 is 1.21 bits per heavy atom. The van der Waals surface area contributed by atoms with E-state index in [-0.39, 0.29) is 22.7 Å². The lowest BCUT2D eigenvalue weighted by Crippen LogP contribution is -2.15. The van der Waals surface area contributed by atoms with Crippen molar-refractivity contribution in [3.63, 3.8) is 0 Å². The van der Waals surface area contributed by atoms with Crippen LogP contribution in [0.5, 0.6) is 11.8 Å². The lowest BCUT2D eigenvalue weighted by molar-refractivity contribution is 0.373. The molecule has 2 aromatic heterocycles. The molecule has 9 nitrogen and oxygen atoms in total. The summed E-state index contributed by atoms with van der Waals surface area (Å²) in [4.78, 5) is 13.8. The van der Waals surface area contributed by atoms with Gasteiger partial charge in [0.2, 0.25) is 17.7 Å². The van der Waals surface area contributed by atoms with E-state index in [1.54, 1.807) is 0 Å². The van der Waals surface area contributed by atoms with Crippen molar-refractivity contribution in [3.8, 4) is 11.8 Å². The minimum absolute atomic E-state index is 0.0992. The number of aromatic nitrogens is 4. The molecule has 0 saturated heterocycles. The van der Waals surface area contributed by atoms with Gasteiger partial charge in [0.1, 0.15) is 0 Å². The molecule has 0 unspecified atom stereocenters. The van der Waals surface area contributed by atoms with Crippen LogP contribution in [0.4, 0.5) is 5.95 Å². The lowest BCUT2D eigenvalue weighted by Gasteiger charge is -2.07. The monoisotopic (exact) mass is 285 g/mol. The summed E-state index contributed by atoms with van der Waals surface area (Å²) in [7, 11) is -1.03. The number of hydrogen-bond donors (Lipinski definition) is 2. The van der Waals surface area contributed by atoms with Crippen LogP contribution in [0.1, 0.15) is 0 Å². The Balaban J connectivity index is 2.33. The number of imidazole rings is 1. The average molecular weight is 285 g/mol. The molecule has 0 aromatic carbocycles. The normalized spacial score (nSPS) is 11.1. The molecule has 0 saturated carbocycles. The third-order valence-corrected chi connectivity index (χ3v) is 3.34. The van der Waals surface area contributed by atoms with Gasteiger partial charge in [0.15, 0.2) is 5.03 Å². The summed E-state index contributed by atoms with van der Waals surface area (Å²) in [5.74, 6) is 0.189. The maximum absolute atomic E-state index is 11.9. The minimum atomic E-state index is -3.82. The molecule has 2 heterocycles. The molecule has 0 fully saturated rings. The third-order valence-electron chi connectivity index (χ3n) is 2.09. The summed E-state index contributed by atoms with van der Waals surface area (Å²) < 4.78 is 35.9. The van der Waals surface area contributed by atoms with Crippen molar-refractivity contribution in [2.24, 2.45) is 0 Å². The van der Waals surface area contributed by atoms with Crippen molar-refractivity contribution in [3.05, 3.63) is 18.6 Å². The molecule has 0 aliphatic rings. The first-order chi connectivity index (χ1) is 9.05. The van der Waals surface area contributed by atoms with Crippen LogP contribution in [0.15, 0.2) is 23.6 Å². The number of H-pyrrole nitrogens is 1. The Labute approximate surface area is 109 Å². The first-order valence-electron chi connectivity index (χ1n) is 5.03. The van der Waals surface area contributed by atoms with Gasteiger partial charge in [-0.3, -0.25) is 0 Å². The van der Waals surface area contributed by atoms with Crippen LogP contribution in [0, 0.1) is 0 Å². The molecule has 0 bridgehead atoms. The molecule has 0 aliphatic heterocycles. The lowest BCUT2D eigenvalue weighted by atomic mass is 10.6. The standard InChI is InChI=1S/C9H11N5O4S/c1-17-6-3-7(18-2)13-9(12-6)14-19(15,16)8-4-10-5-11-8/h3-5H,1-2H3,(H,10,11)(H,12,13,14). The Bertz CT molecular complexity index is 633. The zero-order chi connectivity index (χ0) is 13.9. The summed E-state index contributed by atoms with van der Waals surface area (Å²) in [5, 5.41) is -0.0992. The van der Waals surface area contributed by atoms with Crippen LogP contribution in [0.2, 0.25) is 0 Å². The summed E-state index contributed by atoms with van der Waals surface area (Å²) in [5.41, 5.74) is 0. The third kappa shape index (κ3) is 2.91. The molecule has 0 aliphatic carbocycles. The number of nitrogens with one attached hydrogen (secondary N) is 2. The van der Waals surface area contributed by atoms with Gasteiger partial charge in [-0.25, -0.2) is 9.71 Å². The van der Waals surface area contributed by atoms with Crippen molar-refractivity contribution >= 4 is 16.0 Å². The molecule has 2 N–H and O–H groups in total. The van der Waals surface area contributed by atoms with Crippen molar-refractivity contribution in [1.82, 2.24) is 19.9 Å². The van der Waals surface area contributed by atoms with Crippen LogP contribution >= 0.6 is 0 Å². The van der Waals surface area contributed by atoms with E-state index in [1.165, 1.54) is 32.8 Å². The predicted molar refractivity (Wildman–Crippen MR) is 64.5 cm³/mol. The number of ether oxygens (including phenoxy) is 2. The second-order valence-electron chi connectivity index (χ2n) is 3.30. The fraction of sp³-hybridized carbons (Fsp3) is 0.222. The van der Waals surface area contributed by atoms with E-state index < -0.39 is 10.0 Å². The highest BCUT2D eigenvalue weighted by Crippen LogP contribution is 2.19. The van der Waals surface area contributed by atoms with Gasteiger partial charge >= 0.3 is 0 Å². The van der Waals surface area contributed by atoms with E-state index in [1.807, 2.05) is 0 Å². The highest BCUT2D eigenvalue weighted by Gasteiger charge is 2.18. The first kappa shape index (κ1) is 13.1. The summed E-state index contributed by atoms with van der Waals surface area (Å²) in [6.07, 6.45) is 2.42. The Morgan fingerprint density at radius 2 is 1.84 bits per heavy atom. The molecular formula is C9H11N5O4S. The molecule has 0 radical (unpaired) electrons. The van der Waals surface area contributed by atoms with E-state index in [4.69, 9.17) is 9.47 Å². The smallest absolute Gasteiger partial charge is 0.281 e. The topological polar surface area (TPSA) is 119 Å².